The Kier molecular flexibility index (Phi) is 6.80. The molecule has 202 valence electrons. The predicted molar refractivity (Wildman–Crippen MR) is 152 cm³/mol. The third-order valence-corrected chi connectivity index (χ3v) is 7.83. The molecule has 1 unspecified atom stereocenters. The van der Waals surface area contributed by atoms with Crippen LogP contribution < -0.4 is 25.3 Å². The quantitative estimate of drug-likeness (QED) is 0.398. The van der Waals surface area contributed by atoms with Crippen LogP contribution in [0.1, 0.15) is 24.9 Å². The van der Waals surface area contributed by atoms with Crippen molar-refractivity contribution < 1.29 is 14.4 Å². The molecule has 3 saturated heterocycles. The molecule has 0 aliphatic carbocycles. The molecule has 6 rings (SSSR count). The summed E-state index contributed by atoms with van der Waals surface area (Å²) in [5.74, 6) is 1.62. The van der Waals surface area contributed by atoms with Crippen LogP contribution in [0.4, 0.5) is 28.7 Å². The first-order chi connectivity index (χ1) is 19.1. The third-order valence-electron chi connectivity index (χ3n) is 7.83. The van der Waals surface area contributed by atoms with Crippen LogP contribution in [0.25, 0.3) is 0 Å². The summed E-state index contributed by atoms with van der Waals surface area (Å²) in [4.78, 5) is 32.0. The van der Waals surface area contributed by atoms with Gasteiger partial charge >= 0.3 is 0 Å². The summed E-state index contributed by atoms with van der Waals surface area (Å²) in [6.45, 7) is 9.41. The van der Waals surface area contributed by atoms with E-state index >= 15 is 0 Å². The molecular formula is C29H33N7O3. The van der Waals surface area contributed by atoms with Crippen LogP contribution in [0.3, 0.4) is 0 Å². The zero-order chi connectivity index (χ0) is 26.9. The summed E-state index contributed by atoms with van der Waals surface area (Å²) in [5, 5.41) is 8.19. The average molecular weight is 528 g/mol. The predicted octanol–water partition coefficient (Wildman–Crippen LogP) is 4.13. The van der Waals surface area contributed by atoms with Crippen LogP contribution in [0, 0.1) is 0 Å². The van der Waals surface area contributed by atoms with Gasteiger partial charge in [-0.25, -0.2) is 15.0 Å². The number of carbonyl (C=O) groups excluding carboxylic acids is 1. The van der Waals surface area contributed by atoms with Crippen LogP contribution in [0.15, 0.2) is 67.5 Å². The fourth-order valence-electron chi connectivity index (χ4n) is 5.69. The highest BCUT2D eigenvalue weighted by Crippen LogP contribution is 2.45. The van der Waals surface area contributed by atoms with E-state index in [2.05, 4.69) is 56.0 Å². The molecule has 39 heavy (non-hydrogen) atoms. The van der Waals surface area contributed by atoms with Gasteiger partial charge in [-0.2, -0.15) is 0 Å². The highest BCUT2D eigenvalue weighted by Gasteiger charge is 2.51. The molecule has 10 heteroatoms. The summed E-state index contributed by atoms with van der Waals surface area (Å²) in [5.41, 5.74) is 3.47. The lowest BCUT2D eigenvalue weighted by atomic mass is 9.84. The van der Waals surface area contributed by atoms with E-state index in [1.54, 1.807) is 7.11 Å². The Morgan fingerprint density at radius 1 is 1.15 bits per heavy atom. The minimum Gasteiger partial charge on any atom is -0.494 e. The summed E-state index contributed by atoms with van der Waals surface area (Å²) in [7, 11) is 1.64. The zero-order valence-electron chi connectivity index (χ0n) is 22.2. The van der Waals surface area contributed by atoms with Gasteiger partial charge < -0.3 is 20.3 Å². The molecule has 0 radical (unpaired) electrons. The molecule has 3 aromatic rings. The van der Waals surface area contributed by atoms with Crippen LogP contribution in [0.5, 0.6) is 5.75 Å². The highest BCUT2D eigenvalue weighted by atomic mass is 16.7. The number of fused-ring (bicyclic) bond motifs is 1. The van der Waals surface area contributed by atoms with E-state index in [-0.39, 0.29) is 11.9 Å². The van der Waals surface area contributed by atoms with Crippen molar-refractivity contribution in [2.75, 3.05) is 53.9 Å². The van der Waals surface area contributed by atoms with Gasteiger partial charge in [0.1, 0.15) is 17.9 Å². The number of ether oxygens (including phenoxy) is 1. The lowest BCUT2D eigenvalue weighted by Gasteiger charge is -2.63. The molecular weight excluding hydrogens is 494 g/mol. The fraction of sp³-hybridized carbons (Fsp3) is 0.345. The van der Waals surface area contributed by atoms with Crippen LogP contribution in [-0.4, -0.2) is 66.2 Å². The van der Waals surface area contributed by atoms with Gasteiger partial charge in [-0.15, -0.1) is 0 Å². The van der Waals surface area contributed by atoms with Crippen molar-refractivity contribution in [2.24, 2.45) is 0 Å². The number of methoxy groups -OCH3 is 1. The van der Waals surface area contributed by atoms with E-state index in [4.69, 9.17) is 9.57 Å². The van der Waals surface area contributed by atoms with Crippen molar-refractivity contribution in [1.82, 2.24) is 14.9 Å². The van der Waals surface area contributed by atoms with Crippen molar-refractivity contribution in [1.29, 1.82) is 0 Å². The Hall–Kier alpha value is -4.15. The monoisotopic (exact) mass is 527 g/mol. The van der Waals surface area contributed by atoms with E-state index in [1.807, 2.05) is 41.5 Å². The molecule has 0 bridgehead atoms. The molecule has 0 spiro atoms. The Morgan fingerprint density at radius 3 is 2.72 bits per heavy atom. The maximum absolute atomic E-state index is 12.3. The number of piperazine rings is 1. The Balaban J connectivity index is 1.28. The van der Waals surface area contributed by atoms with Crippen molar-refractivity contribution >= 4 is 34.6 Å². The van der Waals surface area contributed by atoms with Gasteiger partial charge in [0.15, 0.2) is 5.82 Å². The number of anilines is 5. The molecule has 10 nitrogen and oxygen atoms in total. The first-order valence-electron chi connectivity index (χ1n) is 13.3. The topological polar surface area (TPSA) is 95.1 Å². The lowest BCUT2D eigenvalue weighted by molar-refractivity contribution is -0.111. The number of aromatic nitrogens is 2. The normalized spacial score (nSPS) is 21.9. The van der Waals surface area contributed by atoms with Crippen molar-refractivity contribution in [3.8, 4) is 5.75 Å². The average Bonchev–Trinajstić information content (AvgIpc) is 3.45. The van der Waals surface area contributed by atoms with Gasteiger partial charge in [0.2, 0.25) is 5.91 Å². The highest BCUT2D eigenvalue weighted by molar-refractivity contribution is 6.02. The third kappa shape index (κ3) is 4.66. The minimum atomic E-state index is -0.268. The molecule has 2 N–H and O–H groups in total. The molecule has 3 aliphatic rings. The fourth-order valence-corrected chi connectivity index (χ4v) is 5.69. The number of nitrogens with zero attached hydrogens (tertiary/aromatic N) is 5. The van der Waals surface area contributed by atoms with Gasteiger partial charge in [-0.3, -0.25) is 14.5 Å². The minimum absolute atomic E-state index is 0.0685. The maximum Gasteiger partial charge on any atom is 0.247 e. The van der Waals surface area contributed by atoms with Crippen molar-refractivity contribution in [2.45, 2.75) is 31.5 Å². The van der Waals surface area contributed by atoms with Crippen molar-refractivity contribution in [3.05, 3.63) is 73.1 Å². The van der Waals surface area contributed by atoms with E-state index in [9.17, 15) is 4.79 Å². The molecule has 3 atom stereocenters. The number of rotatable bonds is 9. The van der Waals surface area contributed by atoms with Gasteiger partial charge in [-0.05, 0) is 24.3 Å². The number of likely N-dealkylation sites (N-methyl/N-ethyl adjacent to an activating group) is 1. The number of benzene rings is 2. The number of nitrogens with one attached hydrogen (secondary N) is 2. The van der Waals surface area contributed by atoms with Crippen LogP contribution in [0.2, 0.25) is 0 Å². The molecule has 3 aliphatic heterocycles. The molecule has 0 saturated carbocycles. The molecule has 1 aromatic heterocycles. The Labute approximate surface area is 228 Å². The summed E-state index contributed by atoms with van der Waals surface area (Å²) in [6, 6.07) is 17.1. The van der Waals surface area contributed by atoms with E-state index in [0.717, 1.165) is 31.7 Å². The summed E-state index contributed by atoms with van der Waals surface area (Å²) < 4.78 is 5.78. The summed E-state index contributed by atoms with van der Waals surface area (Å²) in [6.07, 6.45) is 3.66. The molecule has 1 amide bonds. The smallest absolute Gasteiger partial charge is 0.247 e. The maximum atomic E-state index is 12.3. The van der Waals surface area contributed by atoms with Gasteiger partial charge in [0.25, 0.3) is 0 Å². The zero-order valence-corrected chi connectivity index (χ0v) is 22.2. The number of hydrogen-bond donors (Lipinski definition) is 2. The van der Waals surface area contributed by atoms with E-state index in [1.165, 1.54) is 18.0 Å². The first kappa shape index (κ1) is 25.1. The van der Waals surface area contributed by atoms with Crippen LogP contribution >= 0.6 is 0 Å². The van der Waals surface area contributed by atoms with Crippen molar-refractivity contribution in [3.63, 3.8) is 0 Å². The summed E-state index contributed by atoms with van der Waals surface area (Å²) >= 11 is 0. The number of carbonyl (C=O) groups is 1. The Morgan fingerprint density at radius 2 is 2.00 bits per heavy atom. The largest absolute Gasteiger partial charge is 0.494 e. The van der Waals surface area contributed by atoms with Gasteiger partial charge in [0, 0.05) is 37.7 Å². The van der Waals surface area contributed by atoms with Crippen LogP contribution in [-0.2, 0) is 9.63 Å². The number of likely N-dealkylation sites (tertiary alicyclic amines) is 1. The first-order valence-corrected chi connectivity index (χ1v) is 13.3. The molecule has 2 aromatic carbocycles. The molecule has 4 heterocycles. The second kappa shape index (κ2) is 10.5. The molecule has 3 fully saturated rings. The second-order valence-corrected chi connectivity index (χ2v) is 9.90. The Bertz CT molecular complexity index is 1370. The van der Waals surface area contributed by atoms with Gasteiger partial charge in [-0.1, -0.05) is 43.8 Å². The van der Waals surface area contributed by atoms with Gasteiger partial charge in [0.05, 0.1) is 42.9 Å². The standard InChI is InChI=1S/C29H33N7O3/c1-4-29(37)33-20-13-21(26(38-3)14-23(20)35-17-24-25(35)16-34(24)5-2)32-27-15-28(31-18-30-27)36-22(11-12-39-36)19-9-7-6-8-10-19/h4,6-10,13-15,18,22,24-25H,1,5,11-12,16-17H2,2-3H3,(H,33,37)(H,30,31,32)/t22-,24?,25-/m1/s1. The number of amides is 1. The van der Waals surface area contributed by atoms with E-state index < -0.39 is 0 Å². The van der Waals surface area contributed by atoms with E-state index in [0.29, 0.717) is 47.5 Å². The SMILES string of the molecule is C=CC(=O)Nc1cc(Nc2cc(N3OCC[C@@H]3c3ccccc3)ncn2)c(OC)cc1N1CC2[C@H]1CN2CC. The number of hydroxylamine groups is 1. The lowest BCUT2D eigenvalue weighted by Crippen LogP contribution is -2.79. The number of hydrogen-bond acceptors (Lipinski definition) is 9. The second-order valence-electron chi connectivity index (χ2n) is 9.90.